The Hall–Kier alpha value is -0.980. The maximum absolute atomic E-state index is 8.69. The lowest BCUT2D eigenvalue weighted by molar-refractivity contribution is -0.0264. The lowest BCUT2D eigenvalue weighted by Gasteiger charge is -2.27. The van der Waals surface area contributed by atoms with E-state index in [4.69, 9.17) is 14.4 Å². The lowest BCUT2D eigenvalue weighted by atomic mass is 10.2. The third-order valence-electron chi connectivity index (χ3n) is 2.84. The summed E-state index contributed by atoms with van der Waals surface area (Å²) < 4.78 is 10.8. The summed E-state index contributed by atoms with van der Waals surface area (Å²) in [5.41, 5.74) is 0. The maximum Gasteiger partial charge on any atom is 0.226 e. The first kappa shape index (κ1) is 12.5. The zero-order valence-electron chi connectivity index (χ0n) is 10.1. The number of rotatable bonds is 5. The van der Waals surface area contributed by atoms with E-state index in [2.05, 4.69) is 22.1 Å². The summed E-state index contributed by atoms with van der Waals surface area (Å²) in [7, 11) is 2.05. The highest BCUT2D eigenvalue weighted by atomic mass is 16.5. The van der Waals surface area contributed by atoms with Gasteiger partial charge in [-0.2, -0.15) is 4.98 Å². The van der Waals surface area contributed by atoms with E-state index >= 15 is 0 Å². The zero-order chi connectivity index (χ0) is 12.1. The second-order valence-corrected chi connectivity index (χ2v) is 4.35. The minimum atomic E-state index is -0.0795. The fourth-order valence-corrected chi connectivity index (χ4v) is 1.82. The molecule has 1 aromatic heterocycles. The summed E-state index contributed by atoms with van der Waals surface area (Å²) in [6.45, 7) is 2.65. The van der Waals surface area contributed by atoms with Crippen LogP contribution >= 0.6 is 0 Å². The van der Waals surface area contributed by atoms with Crippen molar-refractivity contribution < 1.29 is 14.4 Å². The first-order valence-corrected chi connectivity index (χ1v) is 6.03. The van der Waals surface area contributed by atoms with Crippen molar-refractivity contribution in [2.75, 3.05) is 33.4 Å². The standard InChI is InChI=1S/C11H19N3O3/c1-14-5-7-16-9(8-14)11-12-10(17-13-11)4-2-3-6-15/h9,15H,2-8H2,1H3. The molecule has 96 valence electrons. The number of hydrogen-bond donors (Lipinski definition) is 1. The lowest BCUT2D eigenvalue weighted by Crippen LogP contribution is -2.35. The van der Waals surface area contributed by atoms with Gasteiger partial charge in [-0.1, -0.05) is 5.16 Å². The molecule has 1 fully saturated rings. The van der Waals surface area contributed by atoms with Crippen LogP contribution in [0.3, 0.4) is 0 Å². The number of likely N-dealkylation sites (N-methyl/N-ethyl adjacent to an activating group) is 1. The molecule has 1 unspecified atom stereocenters. The van der Waals surface area contributed by atoms with E-state index in [1.165, 1.54) is 0 Å². The monoisotopic (exact) mass is 241 g/mol. The molecular formula is C11H19N3O3. The van der Waals surface area contributed by atoms with Gasteiger partial charge < -0.3 is 19.3 Å². The molecule has 1 aliphatic rings. The number of hydrogen-bond acceptors (Lipinski definition) is 6. The van der Waals surface area contributed by atoms with E-state index < -0.39 is 0 Å². The van der Waals surface area contributed by atoms with Gasteiger partial charge in [0.05, 0.1) is 6.61 Å². The van der Waals surface area contributed by atoms with E-state index in [1.54, 1.807) is 0 Å². The largest absolute Gasteiger partial charge is 0.396 e. The Morgan fingerprint density at radius 3 is 3.12 bits per heavy atom. The van der Waals surface area contributed by atoms with Gasteiger partial charge in [0.15, 0.2) is 0 Å². The molecule has 1 aromatic rings. The number of ether oxygens (including phenoxy) is 1. The van der Waals surface area contributed by atoms with Crippen LogP contribution in [0.25, 0.3) is 0 Å². The molecule has 0 aromatic carbocycles. The van der Waals surface area contributed by atoms with Gasteiger partial charge in [0.25, 0.3) is 0 Å². The average molecular weight is 241 g/mol. The van der Waals surface area contributed by atoms with Crippen molar-refractivity contribution in [3.63, 3.8) is 0 Å². The number of aliphatic hydroxyl groups is 1. The second-order valence-electron chi connectivity index (χ2n) is 4.35. The van der Waals surface area contributed by atoms with Crippen molar-refractivity contribution in [3.8, 4) is 0 Å². The maximum atomic E-state index is 8.69. The number of aliphatic hydroxyl groups excluding tert-OH is 1. The summed E-state index contributed by atoms with van der Waals surface area (Å²) in [6.07, 6.45) is 2.27. The van der Waals surface area contributed by atoms with Gasteiger partial charge in [0, 0.05) is 26.1 Å². The van der Waals surface area contributed by atoms with Crippen LogP contribution in [0.1, 0.15) is 30.7 Å². The number of nitrogens with zero attached hydrogens (tertiary/aromatic N) is 3. The molecule has 6 heteroatoms. The average Bonchev–Trinajstić information content (AvgIpc) is 2.78. The van der Waals surface area contributed by atoms with Gasteiger partial charge in [-0.3, -0.25) is 0 Å². The molecule has 1 saturated heterocycles. The van der Waals surface area contributed by atoms with Crippen molar-refractivity contribution >= 4 is 0 Å². The van der Waals surface area contributed by atoms with Gasteiger partial charge >= 0.3 is 0 Å². The fourth-order valence-electron chi connectivity index (χ4n) is 1.82. The van der Waals surface area contributed by atoms with Crippen LogP contribution in [0.2, 0.25) is 0 Å². The van der Waals surface area contributed by atoms with Crippen LogP contribution in [-0.2, 0) is 11.2 Å². The van der Waals surface area contributed by atoms with E-state index in [0.29, 0.717) is 18.3 Å². The van der Waals surface area contributed by atoms with Crippen LogP contribution in [-0.4, -0.2) is 53.5 Å². The Bertz CT molecular complexity index is 342. The molecule has 2 heterocycles. The SMILES string of the molecule is CN1CCOC(c2noc(CCCCO)n2)C1. The normalized spacial score (nSPS) is 21.9. The molecule has 0 aliphatic carbocycles. The Labute approximate surface area is 101 Å². The molecule has 0 amide bonds. The van der Waals surface area contributed by atoms with E-state index in [0.717, 1.165) is 32.4 Å². The number of aryl methyl sites for hydroxylation is 1. The predicted octanol–water partition coefficient (Wildman–Crippen LogP) is 0.388. The van der Waals surface area contributed by atoms with Gasteiger partial charge in [-0.25, -0.2) is 0 Å². The first-order valence-electron chi connectivity index (χ1n) is 6.03. The van der Waals surface area contributed by atoms with E-state index in [1.807, 2.05) is 0 Å². The predicted molar refractivity (Wildman–Crippen MR) is 60.5 cm³/mol. The van der Waals surface area contributed by atoms with Crippen LogP contribution in [0.15, 0.2) is 4.52 Å². The number of unbranched alkanes of at least 4 members (excludes halogenated alkanes) is 1. The summed E-state index contributed by atoms with van der Waals surface area (Å²) in [5.74, 6) is 1.26. The fraction of sp³-hybridized carbons (Fsp3) is 0.818. The first-order chi connectivity index (χ1) is 8.29. The third-order valence-corrected chi connectivity index (χ3v) is 2.84. The third kappa shape index (κ3) is 3.49. The quantitative estimate of drug-likeness (QED) is 0.752. The van der Waals surface area contributed by atoms with Crippen LogP contribution in [0, 0.1) is 0 Å². The summed E-state index contributed by atoms with van der Waals surface area (Å²) >= 11 is 0. The van der Waals surface area contributed by atoms with Crippen molar-refractivity contribution in [1.82, 2.24) is 15.0 Å². The van der Waals surface area contributed by atoms with Crippen molar-refractivity contribution in [1.29, 1.82) is 0 Å². The zero-order valence-corrected chi connectivity index (χ0v) is 10.1. The topological polar surface area (TPSA) is 71.6 Å². The highest BCUT2D eigenvalue weighted by Gasteiger charge is 2.24. The molecule has 17 heavy (non-hydrogen) atoms. The van der Waals surface area contributed by atoms with Crippen molar-refractivity contribution in [2.24, 2.45) is 0 Å². The molecule has 0 radical (unpaired) electrons. The van der Waals surface area contributed by atoms with Crippen molar-refractivity contribution in [2.45, 2.75) is 25.4 Å². The molecular weight excluding hydrogens is 222 g/mol. The number of morpholine rings is 1. The Morgan fingerprint density at radius 2 is 2.35 bits per heavy atom. The van der Waals surface area contributed by atoms with Crippen LogP contribution in [0.4, 0.5) is 0 Å². The van der Waals surface area contributed by atoms with Gasteiger partial charge in [-0.15, -0.1) is 0 Å². The minimum absolute atomic E-state index is 0.0795. The highest BCUT2D eigenvalue weighted by Crippen LogP contribution is 2.19. The summed E-state index contributed by atoms with van der Waals surface area (Å²) in [5, 5.41) is 12.6. The Balaban J connectivity index is 1.88. The number of aromatic nitrogens is 2. The molecule has 0 bridgehead atoms. The van der Waals surface area contributed by atoms with Crippen molar-refractivity contribution in [3.05, 3.63) is 11.7 Å². The smallest absolute Gasteiger partial charge is 0.226 e. The Kier molecular flexibility index (Phi) is 4.47. The molecule has 1 atom stereocenters. The summed E-state index contributed by atoms with van der Waals surface area (Å²) in [4.78, 5) is 6.52. The summed E-state index contributed by atoms with van der Waals surface area (Å²) in [6, 6.07) is 0. The highest BCUT2D eigenvalue weighted by molar-refractivity contribution is 4.93. The van der Waals surface area contributed by atoms with Crippen LogP contribution < -0.4 is 0 Å². The molecule has 1 N–H and O–H groups in total. The molecule has 2 rings (SSSR count). The van der Waals surface area contributed by atoms with Crippen LogP contribution in [0.5, 0.6) is 0 Å². The second kappa shape index (κ2) is 6.09. The Morgan fingerprint density at radius 1 is 1.47 bits per heavy atom. The molecule has 0 saturated carbocycles. The molecule has 0 spiro atoms. The van der Waals surface area contributed by atoms with Gasteiger partial charge in [0.1, 0.15) is 6.10 Å². The van der Waals surface area contributed by atoms with E-state index in [-0.39, 0.29) is 12.7 Å². The minimum Gasteiger partial charge on any atom is -0.396 e. The molecule has 1 aliphatic heterocycles. The molecule has 6 nitrogen and oxygen atoms in total. The van der Waals surface area contributed by atoms with E-state index in [9.17, 15) is 0 Å². The van der Waals surface area contributed by atoms with Gasteiger partial charge in [-0.05, 0) is 19.9 Å². The van der Waals surface area contributed by atoms with Gasteiger partial charge in [0.2, 0.25) is 11.7 Å².